The van der Waals surface area contributed by atoms with Crippen LogP contribution in [0.2, 0.25) is 5.02 Å². The molecule has 1 aromatic carbocycles. The summed E-state index contributed by atoms with van der Waals surface area (Å²) in [5, 5.41) is 13.1. The van der Waals surface area contributed by atoms with Crippen molar-refractivity contribution in [1.82, 2.24) is 20.1 Å². The number of halogens is 1. The molecule has 0 saturated heterocycles. The summed E-state index contributed by atoms with van der Waals surface area (Å²) in [5.74, 6) is 1.19. The molecule has 0 atom stereocenters. The Morgan fingerprint density at radius 2 is 2.08 bits per heavy atom. The van der Waals surface area contributed by atoms with Crippen molar-refractivity contribution >= 4 is 29.3 Å². The van der Waals surface area contributed by atoms with Gasteiger partial charge in [0.2, 0.25) is 5.91 Å². The number of carbonyl (C=O) groups excluding carboxylic acids is 1. The van der Waals surface area contributed by atoms with E-state index in [4.69, 9.17) is 11.6 Å². The minimum absolute atomic E-state index is 0.0344. The number of benzene rings is 1. The van der Waals surface area contributed by atoms with Gasteiger partial charge < -0.3 is 5.32 Å². The Labute approximate surface area is 157 Å². The van der Waals surface area contributed by atoms with Gasteiger partial charge in [0.25, 0.3) is 0 Å². The second-order valence-corrected chi connectivity index (χ2v) is 7.58. The highest BCUT2D eigenvalue weighted by Crippen LogP contribution is 2.38. The van der Waals surface area contributed by atoms with E-state index in [0.29, 0.717) is 23.4 Å². The zero-order valence-electron chi connectivity index (χ0n) is 14.4. The van der Waals surface area contributed by atoms with Gasteiger partial charge in [0, 0.05) is 18.2 Å². The molecular formula is C18H23ClN4OS. The van der Waals surface area contributed by atoms with Gasteiger partial charge in [0.15, 0.2) is 11.0 Å². The van der Waals surface area contributed by atoms with Crippen molar-refractivity contribution in [3.8, 4) is 11.4 Å². The van der Waals surface area contributed by atoms with Crippen LogP contribution in [0.25, 0.3) is 11.4 Å². The van der Waals surface area contributed by atoms with E-state index in [9.17, 15) is 4.79 Å². The quantitative estimate of drug-likeness (QED) is 0.728. The van der Waals surface area contributed by atoms with Gasteiger partial charge >= 0.3 is 0 Å². The van der Waals surface area contributed by atoms with Crippen molar-refractivity contribution in [2.75, 3.05) is 12.3 Å². The molecule has 25 heavy (non-hydrogen) atoms. The largest absolute Gasteiger partial charge is 0.355 e. The van der Waals surface area contributed by atoms with Gasteiger partial charge in [0.1, 0.15) is 0 Å². The fraction of sp³-hybridized carbons (Fsp3) is 0.500. The second kappa shape index (κ2) is 8.72. The molecule has 1 aliphatic carbocycles. The van der Waals surface area contributed by atoms with E-state index >= 15 is 0 Å². The average Bonchev–Trinajstić information content (AvgIpc) is 3.27. The Hall–Kier alpha value is -1.53. The van der Waals surface area contributed by atoms with Gasteiger partial charge in [-0.15, -0.1) is 10.2 Å². The molecule has 2 aromatic rings. The Kier molecular flexibility index (Phi) is 6.37. The molecule has 134 valence electrons. The molecule has 1 aromatic heterocycles. The first-order valence-corrected chi connectivity index (χ1v) is 10.2. The lowest BCUT2D eigenvalue weighted by Gasteiger charge is -2.17. The third kappa shape index (κ3) is 4.36. The van der Waals surface area contributed by atoms with Crippen LogP contribution in [-0.2, 0) is 4.79 Å². The summed E-state index contributed by atoms with van der Waals surface area (Å²) in [6.07, 6.45) is 5.60. The number of nitrogens with zero attached hydrogens (tertiary/aromatic N) is 3. The normalized spacial score (nSPS) is 14.8. The number of rotatable bonds is 7. The number of nitrogens with one attached hydrogen (secondary N) is 1. The van der Waals surface area contributed by atoms with Crippen LogP contribution in [0.5, 0.6) is 0 Å². The fourth-order valence-electron chi connectivity index (χ4n) is 3.14. The van der Waals surface area contributed by atoms with Crippen LogP contribution < -0.4 is 5.32 Å². The van der Waals surface area contributed by atoms with Crippen LogP contribution in [0.4, 0.5) is 0 Å². The van der Waals surface area contributed by atoms with E-state index in [1.54, 1.807) is 0 Å². The molecule has 0 spiro atoms. The number of hydrogen-bond donors (Lipinski definition) is 1. The average molecular weight is 379 g/mol. The van der Waals surface area contributed by atoms with Gasteiger partial charge in [-0.25, -0.2) is 0 Å². The Morgan fingerprint density at radius 3 is 2.80 bits per heavy atom. The molecule has 7 heteroatoms. The van der Waals surface area contributed by atoms with Gasteiger partial charge in [-0.3, -0.25) is 9.36 Å². The third-order valence-corrected chi connectivity index (χ3v) is 5.65. The molecular weight excluding hydrogens is 356 g/mol. The highest BCUT2D eigenvalue weighted by molar-refractivity contribution is 7.99. The maximum absolute atomic E-state index is 11.9. The van der Waals surface area contributed by atoms with Crippen molar-refractivity contribution in [1.29, 1.82) is 0 Å². The minimum atomic E-state index is 0.0344. The van der Waals surface area contributed by atoms with Crippen LogP contribution in [0.15, 0.2) is 29.4 Å². The van der Waals surface area contributed by atoms with Crippen LogP contribution in [-0.4, -0.2) is 33.0 Å². The van der Waals surface area contributed by atoms with E-state index in [0.717, 1.165) is 35.8 Å². The highest BCUT2D eigenvalue weighted by atomic mass is 35.5. The van der Waals surface area contributed by atoms with Crippen LogP contribution in [0.3, 0.4) is 0 Å². The van der Waals surface area contributed by atoms with Crippen molar-refractivity contribution in [2.45, 2.75) is 50.2 Å². The molecule has 3 rings (SSSR count). The lowest BCUT2D eigenvalue weighted by Crippen LogP contribution is -2.25. The summed E-state index contributed by atoms with van der Waals surface area (Å²) in [4.78, 5) is 11.9. The molecule has 1 aliphatic rings. The first kappa shape index (κ1) is 18.3. The summed E-state index contributed by atoms with van der Waals surface area (Å²) >= 11 is 7.83. The Morgan fingerprint density at radius 1 is 1.32 bits per heavy atom. The molecule has 1 N–H and O–H groups in total. The van der Waals surface area contributed by atoms with E-state index in [2.05, 4.69) is 20.1 Å². The second-order valence-electron chi connectivity index (χ2n) is 6.23. The van der Waals surface area contributed by atoms with E-state index in [1.807, 2.05) is 31.2 Å². The van der Waals surface area contributed by atoms with Gasteiger partial charge in [-0.2, -0.15) is 0 Å². The first-order chi connectivity index (χ1) is 12.2. The summed E-state index contributed by atoms with van der Waals surface area (Å²) in [6.45, 7) is 2.75. The molecule has 1 heterocycles. The maximum Gasteiger partial charge on any atom is 0.230 e. The first-order valence-electron chi connectivity index (χ1n) is 8.80. The predicted octanol–water partition coefficient (Wildman–Crippen LogP) is 4.33. The number of amides is 1. The van der Waals surface area contributed by atoms with Crippen molar-refractivity contribution in [3.05, 3.63) is 29.3 Å². The summed E-state index contributed by atoms with van der Waals surface area (Å²) in [5.41, 5.74) is 0.894. The third-order valence-electron chi connectivity index (χ3n) is 4.37. The summed E-state index contributed by atoms with van der Waals surface area (Å²) in [6, 6.07) is 8.09. The van der Waals surface area contributed by atoms with Crippen LogP contribution in [0, 0.1) is 0 Å². The van der Waals surface area contributed by atoms with Crippen molar-refractivity contribution in [2.24, 2.45) is 0 Å². The lowest BCUT2D eigenvalue weighted by molar-refractivity contribution is -0.118. The highest BCUT2D eigenvalue weighted by Gasteiger charge is 2.26. The minimum Gasteiger partial charge on any atom is -0.355 e. The lowest BCUT2D eigenvalue weighted by atomic mass is 10.2. The van der Waals surface area contributed by atoms with Crippen LogP contribution >= 0.6 is 23.4 Å². The maximum atomic E-state index is 11.9. The molecule has 0 unspecified atom stereocenters. The Bertz CT molecular complexity index is 728. The molecule has 5 nitrogen and oxygen atoms in total. The zero-order chi connectivity index (χ0) is 17.6. The summed E-state index contributed by atoms with van der Waals surface area (Å²) in [7, 11) is 0. The summed E-state index contributed by atoms with van der Waals surface area (Å²) < 4.78 is 2.19. The van der Waals surface area contributed by atoms with Gasteiger partial charge in [-0.05, 0) is 31.4 Å². The van der Waals surface area contributed by atoms with E-state index < -0.39 is 0 Å². The molecule has 1 fully saturated rings. The molecule has 0 bridgehead atoms. The monoisotopic (exact) mass is 378 g/mol. The standard InChI is InChI=1S/C18H23ClN4OS/c1-2-11-20-16(24)12-25-18-22-21-17(14-9-5-6-10-15(14)19)23(18)13-7-3-4-8-13/h5-6,9-10,13H,2-4,7-8,11-12H2,1H3,(H,20,24). The SMILES string of the molecule is CCCNC(=O)CSc1nnc(-c2ccccc2Cl)n1C1CCCC1. The predicted molar refractivity (Wildman–Crippen MR) is 102 cm³/mol. The number of thioether (sulfide) groups is 1. The molecule has 1 saturated carbocycles. The van der Waals surface area contributed by atoms with Crippen molar-refractivity contribution in [3.63, 3.8) is 0 Å². The van der Waals surface area contributed by atoms with Crippen LogP contribution in [0.1, 0.15) is 45.1 Å². The smallest absolute Gasteiger partial charge is 0.230 e. The zero-order valence-corrected chi connectivity index (χ0v) is 15.9. The van der Waals surface area contributed by atoms with Gasteiger partial charge in [0.05, 0.1) is 10.8 Å². The Balaban J connectivity index is 1.86. The fourth-order valence-corrected chi connectivity index (χ4v) is 4.19. The van der Waals surface area contributed by atoms with E-state index in [1.165, 1.54) is 24.6 Å². The topological polar surface area (TPSA) is 59.8 Å². The number of carbonyl (C=O) groups is 1. The van der Waals surface area contributed by atoms with Gasteiger partial charge in [-0.1, -0.05) is 55.3 Å². The molecule has 0 aliphatic heterocycles. The number of aromatic nitrogens is 3. The number of hydrogen-bond acceptors (Lipinski definition) is 4. The van der Waals surface area contributed by atoms with Crippen molar-refractivity contribution < 1.29 is 4.79 Å². The van der Waals surface area contributed by atoms with E-state index in [-0.39, 0.29) is 5.91 Å². The molecule has 1 amide bonds. The molecule has 0 radical (unpaired) electrons.